The third kappa shape index (κ3) is 2.56. The standard InChI is InChI=1S/C17H21NO3/c1-3-8-20-14-6-4-5-13-15(14)12(10-18-13)16(19)17-11(2)7-9-21-17/h4-6,10-11,17-18H,3,7-9H2,1-2H3. The molecule has 1 N–H and O–H groups in total. The summed E-state index contributed by atoms with van der Waals surface area (Å²) in [6.07, 6.45) is 3.33. The van der Waals surface area contributed by atoms with Gasteiger partial charge in [0.15, 0.2) is 5.78 Å². The minimum atomic E-state index is -0.330. The third-order valence-corrected chi connectivity index (χ3v) is 4.04. The highest BCUT2D eigenvalue weighted by Gasteiger charge is 2.33. The molecule has 2 unspecified atom stereocenters. The van der Waals surface area contributed by atoms with Crippen LogP contribution in [0.15, 0.2) is 24.4 Å². The number of hydrogen-bond donors (Lipinski definition) is 1. The first kappa shape index (κ1) is 14.1. The maximum Gasteiger partial charge on any atom is 0.194 e. The van der Waals surface area contributed by atoms with Gasteiger partial charge in [-0.1, -0.05) is 19.9 Å². The fraction of sp³-hybridized carbons (Fsp3) is 0.471. The second-order valence-corrected chi connectivity index (χ2v) is 5.65. The minimum Gasteiger partial charge on any atom is -0.493 e. The van der Waals surface area contributed by atoms with Gasteiger partial charge in [-0.2, -0.15) is 0 Å². The van der Waals surface area contributed by atoms with Crippen molar-refractivity contribution in [3.63, 3.8) is 0 Å². The van der Waals surface area contributed by atoms with E-state index in [0.29, 0.717) is 18.8 Å². The molecule has 4 nitrogen and oxygen atoms in total. The van der Waals surface area contributed by atoms with E-state index in [1.807, 2.05) is 18.2 Å². The summed E-state index contributed by atoms with van der Waals surface area (Å²) >= 11 is 0. The third-order valence-electron chi connectivity index (χ3n) is 4.04. The molecular weight excluding hydrogens is 266 g/mol. The summed E-state index contributed by atoms with van der Waals surface area (Å²) in [6, 6.07) is 5.82. The number of Topliss-reactive ketones (excluding diaryl/α,β-unsaturated/α-hetero) is 1. The van der Waals surface area contributed by atoms with Crippen LogP contribution in [-0.2, 0) is 4.74 Å². The van der Waals surface area contributed by atoms with Gasteiger partial charge in [-0.05, 0) is 30.9 Å². The number of hydrogen-bond acceptors (Lipinski definition) is 3. The predicted molar refractivity (Wildman–Crippen MR) is 81.9 cm³/mol. The number of ether oxygens (including phenoxy) is 2. The van der Waals surface area contributed by atoms with Crippen molar-refractivity contribution in [2.24, 2.45) is 5.92 Å². The highest BCUT2D eigenvalue weighted by atomic mass is 16.5. The van der Waals surface area contributed by atoms with Crippen LogP contribution in [0.3, 0.4) is 0 Å². The highest BCUT2D eigenvalue weighted by molar-refractivity contribution is 6.12. The van der Waals surface area contributed by atoms with Gasteiger partial charge in [0.05, 0.1) is 12.0 Å². The number of H-pyrrole nitrogens is 1. The second-order valence-electron chi connectivity index (χ2n) is 5.65. The molecule has 2 heterocycles. The fourth-order valence-corrected chi connectivity index (χ4v) is 2.86. The Morgan fingerprint density at radius 3 is 3.05 bits per heavy atom. The van der Waals surface area contributed by atoms with E-state index in [4.69, 9.17) is 9.47 Å². The molecule has 1 aromatic heterocycles. The van der Waals surface area contributed by atoms with Gasteiger partial charge < -0.3 is 14.5 Å². The van der Waals surface area contributed by atoms with E-state index in [1.165, 1.54) is 0 Å². The lowest BCUT2D eigenvalue weighted by Crippen LogP contribution is -2.25. The van der Waals surface area contributed by atoms with Crippen molar-refractivity contribution >= 4 is 16.7 Å². The van der Waals surface area contributed by atoms with E-state index in [2.05, 4.69) is 18.8 Å². The van der Waals surface area contributed by atoms with Crippen molar-refractivity contribution in [1.82, 2.24) is 4.98 Å². The number of aromatic nitrogens is 1. The summed E-state index contributed by atoms with van der Waals surface area (Å²) in [5.41, 5.74) is 1.60. The molecule has 0 amide bonds. The van der Waals surface area contributed by atoms with Crippen LogP contribution in [0.1, 0.15) is 37.0 Å². The number of carbonyl (C=O) groups excluding carboxylic acids is 1. The van der Waals surface area contributed by atoms with E-state index < -0.39 is 0 Å². The number of benzene rings is 1. The number of rotatable bonds is 5. The Balaban J connectivity index is 2.00. The normalized spacial score (nSPS) is 21.8. The predicted octanol–water partition coefficient (Wildman–Crippen LogP) is 3.56. The first-order chi connectivity index (χ1) is 10.2. The van der Waals surface area contributed by atoms with E-state index in [0.717, 1.165) is 29.5 Å². The van der Waals surface area contributed by atoms with Crippen LogP contribution in [-0.4, -0.2) is 30.1 Å². The van der Waals surface area contributed by atoms with E-state index in [-0.39, 0.29) is 17.8 Å². The number of fused-ring (bicyclic) bond motifs is 1. The molecule has 0 aliphatic carbocycles. The van der Waals surface area contributed by atoms with Gasteiger partial charge in [0.2, 0.25) is 0 Å². The molecule has 1 aromatic carbocycles. The Morgan fingerprint density at radius 2 is 2.33 bits per heavy atom. The van der Waals surface area contributed by atoms with Crippen LogP contribution < -0.4 is 4.74 Å². The number of nitrogens with one attached hydrogen (secondary N) is 1. The number of carbonyl (C=O) groups is 1. The monoisotopic (exact) mass is 287 g/mol. The van der Waals surface area contributed by atoms with Gasteiger partial charge in [0.25, 0.3) is 0 Å². The summed E-state index contributed by atoms with van der Waals surface area (Å²) in [5, 5.41) is 0.874. The van der Waals surface area contributed by atoms with Crippen molar-refractivity contribution in [3.05, 3.63) is 30.0 Å². The first-order valence-corrected chi connectivity index (χ1v) is 7.61. The van der Waals surface area contributed by atoms with Crippen LogP contribution >= 0.6 is 0 Å². The van der Waals surface area contributed by atoms with Gasteiger partial charge in [-0.25, -0.2) is 0 Å². The van der Waals surface area contributed by atoms with Crippen molar-refractivity contribution in [3.8, 4) is 5.75 Å². The molecule has 4 heteroatoms. The smallest absolute Gasteiger partial charge is 0.194 e. The summed E-state index contributed by atoms with van der Waals surface area (Å²) < 4.78 is 11.4. The Hall–Kier alpha value is -1.81. The molecule has 3 rings (SSSR count). The van der Waals surface area contributed by atoms with Crippen molar-refractivity contribution in [2.75, 3.05) is 13.2 Å². The van der Waals surface area contributed by atoms with E-state index in [9.17, 15) is 4.79 Å². The Kier molecular flexibility index (Phi) is 3.97. The maximum absolute atomic E-state index is 12.8. The van der Waals surface area contributed by atoms with Crippen LogP contribution in [0.25, 0.3) is 10.9 Å². The molecule has 0 radical (unpaired) electrons. The van der Waals surface area contributed by atoms with Crippen LogP contribution in [0, 0.1) is 5.92 Å². The van der Waals surface area contributed by atoms with E-state index in [1.54, 1.807) is 6.20 Å². The van der Waals surface area contributed by atoms with Crippen molar-refractivity contribution in [2.45, 2.75) is 32.8 Å². The second kappa shape index (κ2) is 5.90. The lowest BCUT2D eigenvalue weighted by atomic mass is 9.96. The van der Waals surface area contributed by atoms with Crippen LogP contribution in [0.4, 0.5) is 0 Å². The summed E-state index contributed by atoms with van der Waals surface area (Å²) in [6.45, 7) is 5.45. The van der Waals surface area contributed by atoms with Gasteiger partial charge >= 0.3 is 0 Å². The lowest BCUT2D eigenvalue weighted by Gasteiger charge is -2.13. The molecule has 0 bridgehead atoms. The first-order valence-electron chi connectivity index (χ1n) is 7.61. The summed E-state index contributed by atoms with van der Waals surface area (Å²) in [4.78, 5) is 15.9. The summed E-state index contributed by atoms with van der Waals surface area (Å²) in [7, 11) is 0. The van der Waals surface area contributed by atoms with E-state index >= 15 is 0 Å². The maximum atomic E-state index is 12.8. The average Bonchev–Trinajstić information content (AvgIpc) is 3.10. The van der Waals surface area contributed by atoms with Crippen LogP contribution in [0.2, 0.25) is 0 Å². The zero-order valence-corrected chi connectivity index (χ0v) is 12.5. The van der Waals surface area contributed by atoms with Gasteiger partial charge in [0, 0.05) is 23.9 Å². The SMILES string of the molecule is CCCOc1cccc2[nH]cc(C(=O)C3OCCC3C)c12. The highest BCUT2D eigenvalue weighted by Crippen LogP contribution is 2.32. The molecule has 0 spiro atoms. The van der Waals surface area contributed by atoms with Gasteiger partial charge in [-0.15, -0.1) is 0 Å². The number of ketones is 1. The molecular formula is C17H21NO3. The molecule has 0 saturated carbocycles. The molecule has 1 fully saturated rings. The summed E-state index contributed by atoms with van der Waals surface area (Å²) in [5.74, 6) is 1.09. The molecule has 2 atom stereocenters. The zero-order valence-electron chi connectivity index (χ0n) is 12.5. The van der Waals surface area contributed by atoms with Crippen LogP contribution in [0.5, 0.6) is 5.75 Å². The van der Waals surface area contributed by atoms with Crippen molar-refractivity contribution < 1.29 is 14.3 Å². The Labute approximate surface area is 124 Å². The molecule has 21 heavy (non-hydrogen) atoms. The number of aromatic amines is 1. The van der Waals surface area contributed by atoms with Gasteiger partial charge in [-0.3, -0.25) is 4.79 Å². The molecule has 112 valence electrons. The topological polar surface area (TPSA) is 51.3 Å². The van der Waals surface area contributed by atoms with Crippen molar-refractivity contribution in [1.29, 1.82) is 0 Å². The largest absolute Gasteiger partial charge is 0.493 e. The minimum absolute atomic E-state index is 0.0544. The zero-order chi connectivity index (χ0) is 14.8. The Morgan fingerprint density at radius 1 is 1.48 bits per heavy atom. The quantitative estimate of drug-likeness (QED) is 0.855. The fourth-order valence-electron chi connectivity index (χ4n) is 2.86. The lowest BCUT2D eigenvalue weighted by molar-refractivity contribution is 0.0581. The molecule has 1 saturated heterocycles. The molecule has 2 aromatic rings. The molecule has 1 aliphatic heterocycles. The van der Waals surface area contributed by atoms with Gasteiger partial charge in [0.1, 0.15) is 11.9 Å². The Bertz CT molecular complexity index is 647. The molecule has 1 aliphatic rings. The average molecular weight is 287 g/mol.